The Hall–Kier alpha value is -0.910. The normalized spacial score (nSPS) is 18.2. The third-order valence-electron chi connectivity index (χ3n) is 4.03. The minimum absolute atomic E-state index is 0.0517. The average molecular weight is 301 g/mol. The molecule has 0 aliphatic carbocycles. The molecular formula is C14H21ClN2O3. The highest BCUT2D eigenvalue weighted by Crippen LogP contribution is 2.29. The lowest BCUT2D eigenvalue weighted by molar-refractivity contribution is -0.152. The first-order valence-electron chi connectivity index (χ1n) is 6.90. The van der Waals surface area contributed by atoms with E-state index in [1.165, 1.54) is 0 Å². The molecule has 2 rings (SSSR count). The van der Waals surface area contributed by atoms with Crippen molar-refractivity contribution in [2.24, 2.45) is 7.05 Å². The van der Waals surface area contributed by atoms with E-state index in [1.54, 1.807) is 11.8 Å². The Morgan fingerprint density at radius 2 is 2.15 bits per heavy atom. The number of aromatic nitrogens is 2. The first-order valence-corrected chi connectivity index (χ1v) is 7.28. The molecule has 0 aromatic carbocycles. The Morgan fingerprint density at radius 1 is 1.50 bits per heavy atom. The van der Waals surface area contributed by atoms with Gasteiger partial charge in [0.1, 0.15) is 5.60 Å². The number of carbonyl (C=O) groups is 1. The third kappa shape index (κ3) is 2.75. The molecule has 5 nitrogen and oxygen atoms in total. The van der Waals surface area contributed by atoms with Crippen molar-refractivity contribution in [2.45, 2.75) is 38.2 Å². The summed E-state index contributed by atoms with van der Waals surface area (Å²) in [6.07, 6.45) is 2.19. The molecule has 1 aromatic rings. The first-order chi connectivity index (χ1) is 9.54. The van der Waals surface area contributed by atoms with Gasteiger partial charge in [-0.1, -0.05) is 18.5 Å². The van der Waals surface area contributed by atoms with Crippen LogP contribution in [-0.4, -0.2) is 41.5 Å². The highest BCUT2D eigenvalue weighted by Gasteiger charge is 2.40. The molecule has 0 saturated carbocycles. The number of nitrogens with zero attached hydrogens (tertiary/aromatic N) is 2. The predicted molar refractivity (Wildman–Crippen MR) is 76.1 cm³/mol. The molecule has 0 bridgehead atoms. The number of carbonyl (C=O) groups excluding carboxylic acids is 1. The lowest BCUT2D eigenvalue weighted by Crippen LogP contribution is -2.46. The van der Waals surface area contributed by atoms with E-state index in [0.29, 0.717) is 31.1 Å². The highest BCUT2D eigenvalue weighted by atomic mass is 35.5. The van der Waals surface area contributed by atoms with Crippen molar-refractivity contribution in [3.8, 4) is 0 Å². The maximum Gasteiger partial charge on any atom is 0.170 e. The second kappa shape index (κ2) is 6.24. The van der Waals surface area contributed by atoms with E-state index in [1.807, 2.05) is 14.0 Å². The third-order valence-corrected chi connectivity index (χ3v) is 4.47. The predicted octanol–water partition coefficient (Wildman–Crippen LogP) is 1.94. The molecule has 20 heavy (non-hydrogen) atoms. The van der Waals surface area contributed by atoms with E-state index in [4.69, 9.17) is 21.1 Å². The van der Waals surface area contributed by atoms with Crippen LogP contribution < -0.4 is 0 Å². The van der Waals surface area contributed by atoms with Gasteiger partial charge < -0.3 is 9.47 Å². The molecule has 0 amide bonds. The summed E-state index contributed by atoms with van der Waals surface area (Å²) in [6.45, 7) is 3.10. The summed E-state index contributed by atoms with van der Waals surface area (Å²) in [5, 5.41) is 4.94. The van der Waals surface area contributed by atoms with Gasteiger partial charge in [0, 0.05) is 40.2 Å². The molecule has 0 spiro atoms. The molecule has 1 aromatic heterocycles. The number of hydrogen-bond acceptors (Lipinski definition) is 4. The fraction of sp³-hybridized carbons (Fsp3) is 0.714. The van der Waals surface area contributed by atoms with Gasteiger partial charge >= 0.3 is 0 Å². The number of ketones is 1. The lowest BCUT2D eigenvalue weighted by Gasteiger charge is -2.34. The summed E-state index contributed by atoms with van der Waals surface area (Å²) in [6, 6.07) is 0. The number of aryl methyl sites for hydroxylation is 2. The van der Waals surface area contributed by atoms with Gasteiger partial charge in [0.05, 0.1) is 22.8 Å². The zero-order chi connectivity index (χ0) is 14.8. The van der Waals surface area contributed by atoms with Crippen LogP contribution in [0.4, 0.5) is 0 Å². The van der Waals surface area contributed by atoms with Gasteiger partial charge in [0.25, 0.3) is 0 Å². The SMILES string of the molecule is CCc1nn(C)c(CC(=O)C2(OC)CCOCC2)c1Cl. The summed E-state index contributed by atoms with van der Waals surface area (Å²) in [5.41, 5.74) is 0.852. The summed E-state index contributed by atoms with van der Waals surface area (Å²) in [4.78, 5) is 12.6. The molecule has 6 heteroatoms. The Morgan fingerprint density at radius 3 is 2.65 bits per heavy atom. The van der Waals surface area contributed by atoms with Crippen LogP contribution >= 0.6 is 11.6 Å². The number of methoxy groups -OCH3 is 1. The van der Waals surface area contributed by atoms with Crippen LogP contribution in [0, 0.1) is 0 Å². The molecule has 1 aliphatic heterocycles. The van der Waals surface area contributed by atoms with E-state index >= 15 is 0 Å². The molecule has 2 heterocycles. The van der Waals surface area contributed by atoms with Gasteiger partial charge in [-0.3, -0.25) is 9.48 Å². The van der Waals surface area contributed by atoms with Gasteiger partial charge in [0.2, 0.25) is 0 Å². The Labute approximate surface area is 124 Å². The van der Waals surface area contributed by atoms with Gasteiger partial charge in [-0.15, -0.1) is 0 Å². The highest BCUT2D eigenvalue weighted by molar-refractivity contribution is 6.32. The first kappa shape index (κ1) is 15.5. The largest absolute Gasteiger partial charge is 0.381 e. The van der Waals surface area contributed by atoms with E-state index in [2.05, 4.69) is 5.10 Å². The lowest BCUT2D eigenvalue weighted by atomic mass is 9.87. The quantitative estimate of drug-likeness (QED) is 0.834. The minimum atomic E-state index is -0.738. The van der Waals surface area contributed by atoms with Crippen molar-refractivity contribution in [3.05, 3.63) is 16.4 Å². The van der Waals surface area contributed by atoms with Crippen molar-refractivity contribution >= 4 is 17.4 Å². The maximum atomic E-state index is 12.6. The van der Waals surface area contributed by atoms with E-state index in [-0.39, 0.29) is 12.2 Å². The van der Waals surface area contributed by atoms with E-state index in [9.17, 15) is 4.79 Å². The topological polar surface area (TPSA) is 53.4 Å². The standard InChI is InChI=1S/C14H21ClN2O3/c1-4-10-13(15)11(17(2)16-10)9-12(18)14(19-3)5-7-20-8-6-14/h4-9H2,1-3H3. The molecule has 0 N–H and O–H groups in total. The summed E-state index contributed by atoms with van der Waals surface area (Å²) in [5.74, 6) is 0.0517. The van der Waals surface area contributed by atoms with Crippen LogP contribution in [0.2, 0.25) is 5.02 Å². The molecule has 0 radical (unpaired) electrons. The number of Topliss-reactive ketones (excluding diaryl/α,β-unsaturated/α-hetero) is 1. The molecule has 1 fully saturated rings. The van der Waals surface area contributed by atoms with Gasteiger partial charge in [0.15, 0.2) is 5.78 Å². The van der Waals surface area contributed by atoms with Crippen molar-refractivity contribution in [2.75, 3.05) is 20.3 Å². The Balaban J connectivity index is 2.20. The van der Waals surface area contributed by atoms with Crippen LogP contribution in [-0.2, 0) is 34.2 Å². The molecule has 1 aliphatic rings. The fourth-order valence-electron chi connectivity index (χ4n) is 2.62. The maximum absolute atomic E-state index is 12.6. The summed E-state index contributed by atoms with van der Waals surface area (Å²) >= 11 is 6.30. The Bertz CT molecular complexity index is 493. The summed E-state index contributed by atoms with van der Waals surface area (Å²) in [7, 11) is 3.41. The second-order valence-corrected chi connectivity index (χ2v) is 5.47. The van der Waals surface area contributed by atoms with Crippen molar-refractivity contribution in [1.29, 1.82) is 0 Å². The number of halogens is 1. The van der Waals surface area contributed by atoms with E-state index < -0.39 is 5.60 Å². The summed E-state index contributed by atoms with van der Waals surface area (Å²) < 4.78 is 12.5. The van der Waals surface area contributed by atoms with Gasteiger partial charge in [-0.05, 0) is 6.42 Å². The van der Waals surface area contributed by atoms with E-state index in [0.717, 1.165) is 17.8 Å². The smallest absolute Gasteiger partial charge is 0.170 e. The monoisotopic (exact) mass is 300 g/mol. The zero-order valence-corrected chi connectivity index (χ0v) is 13.0. The second-order valence-electron chi connectivity index (χ2n) is 5.10. The fourth-order valence-corrected chi connectivity index (χ4v) is 2.98. The molecule has 112 valence electrons. The number of rotatable bonds is 5. The molecule has 0 atom stereocenters. The number of hydrogen-bond donors (Lipinski definition) is 0. The minimum Gasteiger partial charge on any atom is -0.381 e. The molecular weight excluding hydrogens is 280 g/mol. The van der Waals surface area contributed by atoms with Crippen LogP contribution in [0.15, 0.2) is 0 Å². The van der Waals surface area contributed by atoms with Gasteiger partial charge in [-0.2, -0.15) is 5.10 Å². The van der Waals surface area contributed by atoms with Crippen LogP contribution in [0.3, 0.4) is 0 Å². The van der Waals surface area contributed by atoms with Crippen LogP contribution in [0.5, 0.6) is 0 Å². The zero-order valence-electron chi connectivity index (χ0n) is 12.2. The molecule has 0 unspecified atom stereocenters. The number of ether oxygens (including phenoxy) is 2. The van der Waals surface area contributed by atoms with Gasteiger partial charge in [-0.25, -0.2) is 0 Å². The van der Waals surface area contributed by atoms with Crippen molar-refractivity contribution < 1.29 is 14.3 Å². The van der Waals surface area contributed by atoms with Crippen LogP contribution in [0.1, 0.15) is 31.2 Å². The van der Waals surface area contributed by atoms with Crippen LogP contribution in [0.25, 0.3) is 0 Å². The Kier molecular flexibility index (Phi) is 4.83. The van der Waals surface area contributed by atoms with Crippen molar-refractivity contribution in [3.63, 3.8) is 0 Å². The van der Waals surface area contributed by atoms with Crippen molar-refractivity contribution in [1.82, 2.24) is 9.78 Å². The average Bonchev–Trinajstić information content (AvgIpc) is 2.75. The molecule has 1 saturated heterocycles.